The molecule has 28 heteroatoms. The molecule has 112 heavy (non-hydrogen) atoms. The van der Waals surface area contributed by atoms with Gasteiger partial charge in [0.1, 0.15) is 0 Å². The summed E-state index contributed by atoms with van der Waals surface area (Å²) in [7, 11) is 0. The SMILES string of the molecule is CC[C@H](CN1CC[C@@H](CNC(=O)c2ccc(Cl)c(Cl)c2)N[C@@H](CCN2CCC(F)(F)CC2)C1=O)c1ccccc1.NC(N)=NCCC[C@@H]1N[C@H](CNC(=O)Cc2c[nH]c3ccccc23)CCN(CC2CCCCC2)C1=O.NC(N)=NCCC[C@@H]1N[C@H](CNC(=O)c2cnc3ccccc3c2)CCN(CC2CCCCC2)C1=O. The third kappa shape index (κ3) is 26.8. The normalized spacial score (nSPS) is 21.7. The molecule has 4 aliphatic heterocycles. The molecule has 2 saturated carbocycles. The highest BCUT2D eigenvalue weighted by molar-refractivity contribution is 6.42. The number of aromatic amines is 1. The van der Waals surface area contributed by atoms with Gasteiger partial charge in [0.25, 0.3) is 17.7 Å². The van der Waals surface area contributed by atoms with E-state index >= 15 is 0 Å². The minimum atomic E-state index is -2.60. The Balaban J connectivity index is 0.000000179. The van der Waals surface area contributed by atoms with Crippen LogP contribution in [0, 0.1) is 11.8 Å². The molecule has 12 rings (SSSR count). The Bertz CT molecular complexity index is 4070. The highest BCUT2D eigenvalue weighted by Gasteiger charge is 2.38. The molecule has 15 N–H and O–H groups in total. The molecule has 0 spiro atoms. The molecule has 4 saturated heterocycles. The summed E-state index contributed by atoms with van der Waals surface area (Å²) in [5, 5.41) is 22.3. The highest BCUT2D eigenvalue weighted by atomic mass is 35.5. The van der Waals surface area contributed by atoms with Crippen molar-refractivity contribution in [1.29, 1.82) is 0 Å². The van der Waals surface area contributed by atoms with Gasteiger partial charge in [-0.1, -0.05) is 135 Å². The first-order valence-corrected chi connectivity index (χ1v) is 41.5. The van der Waals surface area contributed by atoms with E-state index in [2.05, 4.69) is 75.8 Å². The standard InChI is InChI=1S/C30H38Cl2F2N4O2.C27H41N7O2.C27H39N7O2/c1-2-21(22-6-4-3-5-7-22)20-38-15-10-24(19-35-28(39)23-8-9-25(31)26(32)18-23)36-27(29(38)40)11-14-37-16-12-30(33,34)13-17-37;28-27(29)30-13-6-11-24-26(36)34(18-19-7-2-1-3-8-19)14-12-21(33-24)17-32-25(35)15-20-16-31-23-10-5-4-9-22(20)23;28-27(29)30-13-6-11-24-26(36)34(18-19-7-2-1-3-8-19)14-12-22(33-24)17-32-25(35)21-15-20-9-4-5-10-23(20)31-16-21/h3-9,18,21,24,27,36H,2,10-17,19-20H2,1H3,(H,35,39);4-5,9-10,16,19,21,24,31,33H,1-3,6-8,11-15,17-18H2,(H,32,35)(H4,28,29,30);4-5,9-10,15-16,19,22,24,33H,1-3,6-8,11-14,17-18H2,(H,32,35)(H4,28,29,30)/t21-,24+,27+;21-,24-;22-,24-/m100/s1. The molecular weight excluding hydrogens is 1470 g/mol. The molecule has 24 nitrogen and oxygen atoms in total. The van der Waals surface area contributed by atoms with Gasteiger partial charge < -0.3 is 79.4 Å². The second-order valence-corrected chi connectivity index (χ2v) is 32.0. The number of hydrogen-bond acceptors (Lipinski definition) is 13. The van der Waals surface area contributed by atoms with E-state index < -0.39 is 12.0 Å². The molecule has 6 heterocycles. The number of rotatable bonds is 29. The van der Waals surface area contributed by atoms with Crippen molar-refractivity contribution in [1.82, 2.24) is 61.5 Å². The molecule has 7 atom stereocenters. The van der Waals surface area contributed by atoms with Crippen LogP contribution in [0.15, 0.2) is 126 Å². The molecule has 6 amide bonds. The molecule has 2 aromatic heterocycles. The average molecular weight is 1580 g/mol. The summed E-state index contributed by atoms with van der Waals surface area (Å²) in [6.07, 6.45) is 22.4. The third-order valence-corrected chi connectivity index (χ3v) is 23.6. The number of piperidine rings is 1. The van der Waals surface area contributed by atoms with Gasteiger partial charge in [-0.3, -0.25) is 43.7 Å². The Hall–Kier alpha value is -8.53. The van der Waals surface area contributed by atoms with Gasteiger partial charge in [0.2, 0.25) is 23.6 Å². The van der Waals surface area contributed by atoms with Crippen LogP contribution >= 0.6 is 23.2 Å². The number of guanidine groups is 2. The number of para-hydroxylation sites is 2. The largest absolute Gasteiger partial charge is 0.370 e. The van der Waals surface area contributed by atoms with E-state index in [9.17, 15) is 37.5 Å². The Labute approximate surface area is 668 Å². The monoisotopic (exact) mass is 1580 g/mol. The molecule has 0 radical (unpaired) electrons. The predicted octanol–water partition coefficient (Wildman–Crippen LogP) is 9.77. The number of carbonyl (C=O) groups excluding carboxylic acids is 6. The molecule has 6 aliphatic rings. The number of likely N-dealkylation sites (tertiary alicyclic amines) is 1. The zero-order valence-electron chi connectivity index (χ0n) is 65.0. The van der Waals surface area contributed by atoms with Crippen LogP contribution in [0.2, 0.25) is 10.0 Å². The molecule has 0 unspecified atom stereocenters. The van der Waals surface area contributed by atoms with Crippen LogP contribution in [-0.2, 0) is 25.6 Å². The lowest BCUT2D eigenvalue weighted by Crippen LogP contribution is -2.51. The highest BCUT2D eigenvalue weighted by Crippen LogP contribution is 2.31. The lowest BCUT2D eigenvalue weighted by atomic mass is 9.89. The van der Waals surface area contributed by atoms with Crippen molar-refractivity contribution in [3.05, 3.63) is 148 Å². The van der Waals surface area contributed by atoms with E-state index in [0.717, 1.165) is 72.7 Å². The number of nitrogens with one attached hydrogen (secondary N) is 7. The van der Waals surface area contributed by atoms with E-state index in [1.54, 1.807) is 18.3 Å². The van der Waals surface area contributed by atoms with Gasteiger partial charge >= 0.3 is 0 Å². The number of aromatic nitrogens is 2. The number of halogens is 4. The van der Waals surface area contributed by atoms with Crippen molar-refractivity contribution < 1.29 is 37.5 Å². The first kappa shape index (κ1) is 85.9. The van der Waals surface area contributed by atoms with Gasteiger partial charge in [-0.2, -0.15) is 0 Å². The molecule has 4 aromatic carbocycles. The van der Waals surface area contributed by atoms with Crippen molar-refractivity contribution in [2.45, 2.75) is 196 Å². The van der Waals surface area contributed by atoms with Crippen LogP contribution in [0.1, 0.15) is 180 Å². The van der Waals surface area contributed by atoms with Gasteiger partial charge in [-0.25, -0.2) is 8.78 Å². The fourth-order valence-electron chi connectivity index (χ4n) is 16.4. The van der Waals surface area contributed by atoms with Gasteiger partial charge in [0, 0.05) is 163 Å². The number of nitrogens with zero attached hydrogens (tertiary/aromatic N) is 7. The van der Waals surface area contributed by atoms with Crippen LogP contribution in [-0.4, -0.2) is 211 Å². The second kappa shape index (κ2) is 43.6. The van der Waals surface area contributed by atoms with Crippen molar-refractivity contribution in [3.8, 4) is 0 Å². The van der Waals surface area contributed by atoms with Crippen molar-refractivity contribution >= 4 is 92.4 Å². The van der Waals surface area contributed by atoms with Gasteiger partial charge in [0.05, 0.1) is 45.7 Å². The molecule has 6 aromatic rings. The lowest BCUT2D eigenvalue weighted by Gasteiger charge is -2.33. The summed E-state index contributed by atoms with van der Waals surface area (Å²) >= 11 is 12.1. The number of pyridine rings is 1. The Morgan fingerprint density at radius 1 is 0.589 bits per heavy atom. The summed E-state index contributed by atoms with van der Waals surface area (Å²) in [6.45, 7) is 9.87. The van der Waals surface area contributed by atoms with Crippen LogP contribution in [0.25, 0.3) is 21.8 Å². The van der Waals surface area contributed by atoms with Crippen LogP contribution in [0.4, 0.5) is 8.78 Å². The Morgan fingerprint density at radius 3 is 1.68 bits per heavy atom. The van der Waals surface area contributed by atoms with E-state index in [1.807, 2.05) is 93.7 Å². The number of fused-ring (bicyclic) bond motifs is 2. The summed E-state index contributed by atoms with van der Waals surface area (Å²) in [6, 6.07) is 31.4. The van der Waals surface area contributed by atoms with E-state index in [1.165, 1.54) is 75.8 Å². The number of nitrogens with two attached hydrogens (primary N) is 4. The fourth-order valence-corrected chi connectivity index (χ4v) is 16.7. The van der Waals surface area contributed by atoms with Gasteiger partial charge in [-0.05, 0) is 143 Å². The fraction of sp³-hybridized carbons (Fsp3) is 0.560. The van der Waals surface area contributed by atoms with E-state index in [0.29, 0.717) is 144 Å². The van der Waals surface area contributed by atoms with Crippen LogP contribution in [0.5, 0.6) is 0 Å². The molecule has 2 aliphatic carbocycles. The summed E-state index contributed by atoms with van der Waals surface area (Å²) < 4.78 is 27.3. The molecule has 608 valence electrons. The van der Waals surface area contributed by atoms with Crippen LogP contribution < -0.4 is 54.8 Å². The summed E-state index contributed by atoms with van der Waals surface area (Å²) in [4.78, 5) is 103. The first-order chi connectivity index (χ1) is 54.1. The number of alkyl halides is 2. The molecular formula is C84H118Cl2F2N18O6. The zero-order chi connectivity index (χ0) is 79.4. The van der Waals surface area contributed by atoms with E-state index in [-0.39, 0.29) is 96.3 Å². The Morgan fingerprint density at radius 2 is 1.11 bits per heavy atom. The number of hydrogen-bond donors (Lipinski definition) is 11. The smallest absolute Gasteiger partial charge is 0.252 e. The Kier molecular flexibility index (Phi) is 33.5. The number of amides is 6. The van der Waals surface area contributed by atoms with Gasteiger partial charge in [-0.15, -0.1) is 0 Å². The maximum atomic E-state index is 13.8. The van der Waals surface area contributed by atoms with Crippen LogP contribution in [0.3, 0.4) is 0 Å². The lowest BCUT2D eigenvalue weighted by molar-refractivity contribution is -0.134. The summed E-state index contributed by atoms with van der Waals surface area (Å²) in [5.41, 5.74) is 26.8. The average Bonchev–Trinajstić information content (AvgIpc) is 1.83. The second-order valence-electron chi connectivity index (χ2n) is 31.2. The minimum absolute atomic E-state index is 0.00393. The van der Waals surface area contributed by atoms with E-state index in [4.69, 9.17) is 46.1 Å². The quantitative estimate of drug-likeness (QED) is 0.0118. The number of H-pyrrole nitrogens is 1. The van der Waals surface area contributed by atoms with Crippen molar-refractivity contribution in [2.24, 2.45) is 44.8 Å². The first-order valence-electron chi connectivity index (χ1n) is 40.7. The maximum absolute atomic E-state index is 13.8. The van der Waals surface area contributed by atoms with Crippen molar-refractivity contribution in [3.63, 3.8) is 0 Å². The number of benzene rings is 4. The topological polar surface area (TPSA) is 345 Å². The number of carbonyl (C=O) groups is 6. The predicted molar refractivity (Wildman–Crippen MR) is 441 cm³/mol. The molecule has 6 fully saturated rings. The maximum Gasteiger partial charge on any atom is 0.252 e. The molecule has 0 bridgehead atoms. The van der Waals surface area contributed by atoms with Gasteiger partial charge in [0.15, 0.2) is 11.9 Å². The summed E-state index contributed by atoms with van der Waals surface area (Å²) in [5.74, 6) is -1.18. The third-order valence-electron chi connectivity index (χ3n) is 22.8. The van der Waals surface area contributed by atoms with Crippen molar-refractivity contribution in [2.75, 3.05) is 91.6 Å². The zero-order valence-corrected chi connectivity index (χ0v) is 66.5. The minimum Gasteiger partial charge on any atom is -0.370 e. The number of aliphatic imine (C=N–C) groups is 2.